The Morgan fingerprint density at radius 1 is 0.739 bits per heavy atom. The van der Waals surface area contributed by atoms with E-state index in [1.165, 1.54) is 12.1 Å². The first-order valence-corrected chi connectivity index (χ1v) is 9.88. The van der Waals surface area contributed by atoms with Crippen molar-refractivity contribution >= 4 is 46.4 Å². The summed E-state index contributed by atoms with van der Waals surface area (Å²) in [5, 5.41) is 0.777. The van der Waals surface area contributed by atoms with Crippen LogP contribution in [0.2, 0.25) is 0 Å². The molecule has 0 fully saturated rings. The molecule has 120 valence electrons. The van der Waals surface area contributed by atoms with Crippen molar-refractivity contribution in [3.63, 3.8) is 0 Å². The summed E-state index contributed by atoms with van der Waals surface area (Å²) in [6.45, 7) is 0. The summed E-state index contributed by atoms with van der Waals surface area (Å²) in [5.74, 6) is 0. The van der Waals surface area contributed by atoms with Crippen molar-refractivity contribution in [2.45, 2.75) is 10.2 Å². The molecular formula is C14H11O6PS2. The van der Waals surface area contributed by atoms with Gasteiger partial charge in [-0.25, -0.2) is 8.42 Å². The van der Waals surface area contributed by atoms with Gasteiger partial charge in [0, 0.05) is 0 Å². The Labute approximate surface area is 137 Å². The van der Waals surface area contributed by atoms with Gasteiger partial charge in [-0.1, -0.05) is 30.3 Å². The molecule has 2 atom stereocenters. The molecule has 3 aromatic rings. The molecule has 2 N–H and O–H groups in total. The average molecular weight is 370 g/mol. The first-order chi connectivity index (χ1) is 11.1. The third-order valence-corrected chi connectivity index (χ3v) is 6.24. The summed E-state index contributed by atoms with van der Waals surface area (Å²) >= 11 is -4.43. The van der Waals surface area contributed by atoms with Crippen LogP contribution in [0.5, 0.6) is 0 Å². The topological polar surface area (TPSA) is 101 Å². The van der Waals surface area contributed by atoms with E-state index in [1.54, 1.807) is 12.1 Å². The Morgan fingerprint density at radius 2 is 1.22 bits per heavy atom. The van der Waals surface area contributed by atoms with Crippen molar-refractivity contribution in [3.8, 4) is 0 Å². The predicted molar refractivity (Wildman–Crippen MR) is 87.8 cm³/mol. The van der Waals surface area contributed by atoms with Gasteiger partial charge < -0.3 is 8.83 Å². The standard InChI is InChI=1S/C14H11O6PS2/c15-22(16)13-8-6-11(19-13)21(10-4-2-1-3-5-10)12-7-9-14(20-12)23(17)18/h1-9H,(H,15,16)(H,17,18). The van der Waals surface area contributed by atoms with Gasteiger partial charge in [0.2, 0.25) is 32.3 Å². The third kappa shape index (κ3) is 3.52. The average Bonchev–Trinajstić information content (AvgIpc) is 3.19. The van der Waals surface area contributed by atoms with Crippen LogP contribution in [0.15, 0.2) is 73.6 Å². The highest BCUT2D eigenvalue weighted by Gasteiger charge is 2.25. The largest absolute Gasteiger partial charge is 0.444 e. The zero-order valence-electron chi connectivity index (χ0n) is 11.5. The molecule has 0 aliphatic carbocycles. The third-order valence-electron chi connectivity index (χ3n) is 2.93. The summed E-state index contributed by atoms with van der Waals surface area (Å²) < 4.78 is 51.4. The van der Waals surface area contributed by atoms with E-state index in [2.05, 4.69) is 0 Å². The fourth-order valence-electron chi connectivity index (χ4n) is 1.99. The van der Waals surface area contributed by atoms with Crippen LogP contribution >= 0.6 is 7.92 Å². The van der Waals surface area contributed by atoms with Crippen molar-refractivity contribution in [3.05, 3.63) is 54.6 Å². The lowest BCUT2D eigenvalue weighted by Gasteiger charge is -2.12. The maximum Gasteiger partial charge on any atom is 0.223 e. The number of hydrogen-bond acceptors (Lipinski definition) is 4. The minimum atomic E-state index is -2.22. The quantitative estimate of drug-likeness (QED) is 0.525. The second kappa shape index (κ2) is 6.90. The van der Waals surface area contributed by atoms with Crippen molar-refractivity contribution in [2.24, 2.45) is 0 Å². The SMILES string of the molecule is O=S(O)c1ccc(P(c2ccccc2)c2ccc(S(=O)O)o2)o1. The second-order valence-electron chi connectivity index (χ2n) is 4.35. The first-order valence-electron chi connectivity index (χ1n) is 6.33. The Balaban J connectivity index is 2.09. The summed E-state index contributed by atoms with van der Waals surface area (Å²) in [4.78, 5) is 0. The number of benzene rings is 1. The Kier molecular flexibility index (Phi) is 4.89. The highest BCUT2D eigenvalue weighted by molar-refractivity contribution is 7.80. The Hall–Kier alpha value is -1.57. The van der Waals surface area contributed by atoms with Crippen LogP contribution in [0.3, 0.4) is 0 Å². The van der Waals surface area contributed by atoms with E-state index in [9.17, 15) is 8.42 Å². The van der Waals surface area contributed by atoms with Gasteiger partial charge in [-0.15, -0.1) is 0 Å². The zero-order valence-corrected chi connectivity index (χ0v) is 14.0. The molecule has 0 saturated carbocycles. The Bertz CT molecular complexity index is 805. The van der Waals surface area contributed by atoms with Gasteiger partial charge >= 0.3 is 0 Å². The molecule has 1 aromatic carbocycles. The second-order valence-corrected chi connectivity index (χ2v) is 8.22. The molecule has 0 aliphatic rings. The van der Waals surface area contributed by atoms with Gasteiger partial charge in [-0.2, -0.15) is 0 Å². The van der Waals surface area contributed by atoms with Gasteiger partial charge in [-0.3, -0.25) is 9.11 Å². The van der Waals surface area contributed by atoms with E-state index >= 15 is 0 Å². The van der Waals surface area contributed by atoms with Gasteiger partial charge in [0.25, 0.3) is 0 Å². The van der Waals surface area contributed by atoms with E-state index in [1.807, 2.05) is 30.3 Å². The molecule has 0 saturated heterocycles. The van der Waals surface area contributed by atoms with Crippen molar-refractivity contribution < 1.29 is 26.4 Å². The monoisotopic (exact) mass is 370 g/mol. The molecule has 2 heterocycles. The molecule has 3 rings (SSSR count). The summed E-state index contributed by atoms with van der Waals surface area (Å²) in [5.41, 5.74) is 0.932. The van der Waals surface area contributed by atoms with Crippen LogP contribution in [-0.4, -0.2) is 17.5 Å². The minimum Gasteiger partial charge on any atom is -0.444 e. The number of rotatable bonds is 5. The molecule has 2 unspecified atom stereocenters. The van der Waals surface area contributed by atoms with Crippen LogP contribution in [0.1, 0.15) is 0 Å². The molecular weight excluding hydrogens is 359 g/mol. The highest BCUT2D eigenvalue weighted by Crippen LogP contribution is 2.34. The van der Waals surface area contributed by atoms with E-state index in [0.717, 1.165) is 5.30 Å². The lowest BCUT2D eigenvalue weighted by molar-refractivity contribution is 0.457. The van der Waals surface area contributed by atoms with Gasteiger partial charge in [-0.05, 0) is 29.6 Å². The van der Waals surface area contributed by atoms with Gasteiger partial charge in [0.15, 0.2) is 0 Å². The van der Waals surface area contributed by atoms with Crippen molar-refractivity contribution in [1.29, 1.82) is 0 Å². The van der Waals surface area contributed by atoms with E-state index in [4.69, 9.17) is 17.9 Å². The maximum absolute atomic E-state index is 11.1. The smallest absolute Gasteiger partial charge is 0.223 e. The minimum absolute atomic E-state index is 0.0547. The fraction of sp³-hybridized carbons (Fsp3) is 0. The van der Waals surface area contributed by atoms with E-state index in [0.29, 0.717) is 11.0 Å². The Morgan fingerprint density at radius 3 is 1.61 bits per heavy atom. The predicted octanol–water partition coefficient (Wildman–Crippen LogP) is 1.79. The van der Waals surface area contributed by atoms with Crippen LogP contribution in [0.4, 0.5) is 0 Å². The van der Waals surface area contributed by atoms with Crippen molar-refractivity contribution in [2.75, 3.05) is 0 Å². The summed E-state index contributed by atoms with van der Waals surface area (Å²) in [6, 6.07) is 15.4. The first kappa shape index (κ1) is 16.3. The van der Waals surface area contributed by atoms with Gasteiger partial charge in [0.05, 0.1) is 7.92 Å². The lowest BCUT2D eigenvalue weighted by Crippen LogP contribution is -2.18. The molecule has 0 aliphatic heterocycles. The summed E-state index contributed by atoms with van der Waals surface area (Å²) in [6.07, 6.45) is 0. The normalized spacial score (nSPS) is 15.2. The number of hydrogen-bond donors (Lipinski definition) is 2. The fourth-order valence-corrected chi connectivity index (χ4v) is 4.83. The van der Waals surface area contributed by atoms with Crippen LogP contribution in [0.25, 0.3) is 0 Å². The van der Waals surface area contributed by atoms with E-state index < -0.39 is 30.1 Å². The molecule has 0 spiro atoms. The van der Waals surface area contributed by atoms with Gasteiger partial charge in [0.1, 0.15) is 11.0 Å². The lowest BCUT2D eigenvalue weighted by atomic mass is 10.4. The maximum atomic E-state index is 11.1. The van der Waals surface area contributed by atoms with Crippen LogP contribution < -0.4 is 16.3 Å². The molecule has 6 nitrogen and oxygen atoms in total. The molecule has 0 bridgehead atoms. The highest BCUT2D eigenvalue weighted by atomic mass is 32.2. The molecule has 2 aromatic heterocycles. The zero-order chi connectivity index (χ0) is 16.4. The van der Waals surface area contributed by atoms with Crippen LogP contribution in [0, 0.1) is 0 Å². The van der Waals surface area contributed by atoms with Crippen molar-refractivity contribution in [1.82, 2.24) is 0 Å². The molecule has 9 heteroatoms. The molecule has 23 heavy (non-hydrogen) atoms. The van der Waals surface area contributed by atoms with Crippen LogP contribution in [-0.2, 0) is 22.2 Å². The molecule has 0 amide bonds. The molecule has 0 radical (unpaired) electrons. The number of furan rings is 2. The summed E-state index contributed by atoms with van der Waals surface area (Å²) in [7, 11) is -1.28. The van der Waals surface area contributed by atoms with E-state index in [-0.39, 0.29) is 10.2 Å².